The molecule has 0 bridgehead atoms. The molecule has 1 fully saturated rings. The Bertz CT molecular complexity index is 1420. The minimum absolute atomic E-state index is 0.0212. The standard InChI is InChI=1S/C32H38ClN3O4S/c1-3-30(32(38)34-27-14-8-5-9-15-27)35(22-25-12-6-4-7-13-25)31(37)23-36(28-16-10-11-24(2)21-28)41(39,40)29-19-17-26(33)18-20-29/h4,6-7,10-13,16-21,27,30H,3,5,8-9,14-15,22-23H2,1-2H3,(H,34,38). The Morgan fingerprint density at radius 3 is 2.27 bits per heavy atom. The maximum atomic E-state index is 14.2. The second-order valence-corrected chi connectivity index (χ2v) is 12.9. The maximum absolute atomic E-state index is 14.2. The van der Waals surface area contributed by atoms with E-state index in [9.17, 15) is 18.0 Å². The molecule has 2 amide bonds. The third kappa shape index (κ3) is 7.89. The van der Waals surface area contributed by atoms with Gasteiger partial charge in [-0.2, -0.15) is 0 Å². The van der Waals surface area contributed by atoms with Gasteiger partial charge in [-0.05, 0) is 73.7 Å². The summed E-state index contributed by atoms with van der Waals surface area (Å²) in [6.07, 6.45) is 5.56. The summed E-state index contributed by atoms with van der Waals surface area (Å²) in [7, 11) is -4.14. The van der Waals surface area contributed by atoms with E-state index in [1.54, 1.807) is 18.2 Å². The highest BCUT2D eigenvalue weighted by atomic mass is 35.5. The first-order valence-electron chi connectivity index (χ1n) is 14.2. The Hall–Kier alpha value is -3.36. The summed E-state index contributed by atoms with van der Waals surface area (Å²) < 4.78 is 29.0. The lowest BCUT2D eigenvalue weighted by Gasteiger charge is -2.34. The highest BCUT2D eigenvalue weighted by molar-refractivity contribution is 7.92. The van der Waals surface area contributed by atoms with E-state index >= 15 is 0 Å². The largest absolute Gasteiger partial charge is 0.352 e. The van der Waals surface area contributed by atoms with Gasteiger partial charge in [0.05, 0.1) is 10.6 Å². The van der Waals surface area contributed by atoms with Crippen LogP contribution in [-0.4, -0.2) is 43.8 Å². The van der Waals surface area contributed by atoms with Gasteiger partial charge in [0.1, 0.15) is 12.6 Å². The molecule has 1 aliphatic carbocycles. The molecular weight excluding hydrogens is 558 g/mol. The Morgan fingerprint density at radius 2 is 1.63 bits per heavy atom. The average molecular weight is 596 g/mol. The molecule has 3 aromatic carbocycles. The van der Waals surface area contributed by atoms with E-state index in [2.05, 4.69) is 5.32 Å². The molecule has 0 radical (unpaired) electrons. The van der Waals surface area contributed by atoms with Crippen LogP contribution in [0.3, 0.4) is 0 Å². The summed E-state index contributed by atoms with van der Waals surface area (Å²) in [6.45, 7) is 3.45. The van der Waals surface area contributed by atoms with Gasteiger partial charge >= 0.3 is 0 Å². The maximum Gasteiger partial charge on any atom is 0.264 e. The number of nitrogens with zero attached hydrogens (tertiary/aromatic N) is 2. The fraction of sp³-hybridized carbons (Fsp3) is 0.375. The first kappa shape index (κ1) is 30.6. The van der Waals surface area contributed by atoms with Crippen molar-refractivity contribution in [3.8, 4) is 0 Å². The molecule has 0 aromatic heterocycles. The number of benzene rings is 3. The molecule has 41 heavy (non-hydrogen) atoms. The molecule has 0 spiro atoms. The lowest BCUT2D eigenvalue weighted by Crippen LogP contribution is -2.54. The van der Waals surface area contributed by atoms with Crippen LogP contribution in [0.5, 0.6) is 0 Å². The molecule has 0 aliphatic heterocycles. The zero-order valence-corrected chi connectivity index (χ0v) is 25.2. The van der Waals surface area contributed by atoms with Crippen LogP contribution >= 0.6 is 11.6 Å². The Morgan fingerprint density at radius 1 is 0.951 bits per heavy atom. The molecule has 1 N–H and O–H groups in total. The third-order valence-corrected chi connectivity index (χ3v) is 9.54. The van der Waals surface area contributed by atoms with Gasteiger partial charge < -0.3 is 10.2 Å². The van der Waals surface area contributed by atoms with Crippen molar-refractivity contribution < 1.29 is 18.0 Å². The van der Waals surface area contributed by atoms with E-state index in [-0.39, 0.29) is 23.4 Å². The van der Waals surface area contributed by atoms with Crippen molar-refractivity contribution in [2.75, 3.05) is 10.8 Å². The van der Waals surface area contributed by atoms with E-state index in [0.29, 0.717) is 17.1 Å². The summed E-state index contributed by atoms with van der Waals surface area (Å²) in [5.74, 6) is -0.662. The van der Waals surface area contributed by atoms with Crippen molar-refractivity contribution in [3.05, 3.63) is 95.0 Å². The van der Waals surface area contributed by atoms with E-state index in [1.807, 2.05) is 50.2 Å². The van der Waals surface area contributed by atoms with Crippen molar-refractivity contribution in [2.45, 2.75) is 75.9 Å². The highest BCUT2D eigenvalue weighted by Crippen LogP contribution is 2.27. The summed E-state index contributed by atoms with van der Waals surface area (Å²) >= 11 is 6.03. The number of aryl methyl sites for hydroxylation is 1. The number of amides is 2. The Labute approximate surface area is 248 Å². The van der Waals surface area contributed by atoms with E-state index in [4.69, 9.17) is 11.6 Å². The summed E-state index contributed by atoms with van der Waals surface area (Å²) in [5.41, 5.74) is 2.07. The van der Waals surface area contributed by atoms with Gasteiger partial charge in [0, 0.05) is 17.6 Å². The first-order chi connectivity index (χ1) is 19.7. The number of hydrogen-bond acceptors (Lipinski definition) is 4. The molecule has 0 saturated heterocycles. The number of halogens is 1. The number of carbonyl (C=O) groups is 2. The van der Waals surface area contributed by atoms with Crippen molar-refractivity contribution in [1.82, 2.24) is 10.2 Å². The molecule has 3 aromatic rings. The molecule has 7 nitrogen and oxygen atoms in total. The van der Waals surface area contributed by atoms with Crippen LogP contribution < -0.4 is 9.62 Å². The number of sulfonamides is 1. The van der Waals surface area contributed by atoms with Crippen LogP contribution in [-0.2, 0) is 26.2 Å². The van der Waals surface area contributed by atoms with Gasteiger partial charge in [0.15, 0.2) is 0 Å². The van der Waals surface area contributed by atoms with Crippen LogP contribution in [0.1, 0.15) is 56.6 Å². The van der Waals surface area contributed by atoms with Crippen molar-refractivity contribution >= 4 is 39.1 Å². The van der Waals surface area contributed by atoms with Crippen LogP contribution in [0.25, 0.3) is 0 Å². The van der Waals surface area contributed by atoms with E-state index in [1.165, 1.54) is 35.6 Å². The number of carbonyl (C=O) groups excluding carboxylic acids is 2. The lowest BCUT2D eigenvalue weighted by atomic mass is 9.95. The fourth-order valence-electron chi connectivity index (χ4n) is 5.29. The van der Waals surface area contributed by atoms with Crippen molar-refractivity contribution in [2.24, 2.45) is 0 Å². The van der Waals surface area contributed by atoms with Crippen LogP contribution in [0.15, 0.2) is 83.8 Å². The summed E-state index contributed by atoms with van der Waals surface area (Å²) in [5, 5.41) is 3.58. The monoisotopic (exact) mass is 595 g/mol. The fourth-order valence-corrected chi connectivity index (χ4v) is 6.82. The predicted octanol–water partition coefficient (Wildman–Crippen LogP) is 6.10. The van der Waals surface area contributed by atoms with Gasteiger partial charge in [0.2, 0.25) is 11.8 Å². The SMILES string of the molecule is CCC(C(=O)NC1CCCCC1)N(Cc1ccccc1)C(=O)CN(c1cccc(C)c1)S(=O)(=O)c1ccc(Cl)cc1. The van der Waals surface area contributed by atoms with Gasteiger partial charge in [-0.3, -0.25) is 13.9 Å². The van der Waals surface area contributed by atoms with Crippen LogP contribution in [0, 0.1) is 6.92 Å². The average Bonchev–Trinajstić information content (AvgIpc) is 2.97. The van der Waals surface area contributed by atoms with Crippen molar-refractivity contribution in [3.63, 3.8) is 0 Å². The number of hydrogen-bond donors (Lipinski definition) is 1. The molecule has 1 aliphatic rings. The molecule has 218 valence electrons. The zero-order valence-electron chi connectivity index (χ0n) is 23.6. The summed E-state index contributed by atoms with van der Waals surface area (Å²) in [6, 6.07) is 21.7. The second kappa shape index (κ2) is 14.0. The van der Waals surface area contributed by atoms with Crippen molar-refractivity contribution in [1.29, 1.82) is 0 Å². The van der Waals surface area contributed by atoms with Gasteiger partial charge in [-0.15, -0.1) is 0 Å². The molecule has 1 atom stereocenters. The van der Waals surface area contributed by atoms with Crippen LogP contribution in [0.2, 0.25) is 5.02 Å². The number of nitrogens with one attached hydrogen (secondary N) is 1. The lowest BCUT2D eigenvalue weighted by molar-refractivity contribution is -0.140. The smallest absolute Gasteiger partial charge is 0.264 e. The number of anilines is 1. The summed E-state index contributed by atoms with van der Waals surface area (Å²) in [4.78, 5) is 29.3. The zero-order chi connectivity index (χ0) is 29.4. The van der Waals surface area contributed by atoms with Crippen LogP contribution in [0.4, 0.5) is 5.69 Å². The molecule has 1 saturated carbocycles. The normalized spacial score (nSPS) is 14.7. The minimum Gasteiger partial charge on any atom is -0.352 e. The minimum atomic E-state index is -4.14. The molecule has 0 heterocycles. The van der Waals surface area contributed by atoms with E-state index in [0.717, 1.165) is 41.1 Å². The van der Waals surface area contributed by atoms with Gasteiger partial charge in [-0.1, -0.05) is 80.3 Å². The molecule has 4 rings (SSSR count). The first-order valence-corrected chi connectivity index (χ1v) is 16.0. The second-order valence-electron chi connectivity index (χ2n) is 10.6. The molecular formula is C32H38ClN3O4S. The highest BCUT2D eigenvalue weighted by Gasteiger charge is 2.34. The third-order valence-electron chi connectivity index (χ3n) is 7.50. The van der Waals surface area contributed by atoms with Gasteiger partial charge in [0.25, 0.3) is 10.0 Å². The topological polar surface area (TPSA) is 86.8 Å². The number of rotatable bonds is 11. The molecule has 9 heteroatoms. The Kier molecular flexibility index (Phi) is 10.5. The quantitative estimate of drug-likeness (QED) is 0.290. The molecule has 1 unspecified atom stereocenters. The Balaban J connectivity index is 1.69. The predicted molar refractivity (Wildman–Crippen MR) is 163 cm³/mol. The van der Waals surface area contributed by atoms with E-state index < -0.39 is 28.5 Å². The van der Waals surface area contributed by atoms with Gasteiger partial charge in [-0.25, -0.2) is 8.42 Å².